The van der Waals surface area contributed by atoms with E-state index in [1.165, 1.54) is 18.4 Å². The first-order valence-corrected chi connectivity index (χ1v) is 3.87. The van der Waals surface area contributed by atoms with E-state index in [4.69, 9.17) is 0 Å². The Hall–Kier alpha value is -0.940. The van der Waals surface area contributed by atoms with Crippen molar-refractivity contribution < 1.29 is 9.63 Å². The monoisotopic (exact) mass is 172 g/mol. The zero-order valence-electron chi connectivity index (χ0n) is 6.25. The molecule has 1 amide bonds. The molecule has 0 saturated heterocycles. The van der Waals surface area contributed by atoms with Crippen LogP contribution in [0.5, 0.6) is 0 Å². The highest BCUT2D eigenvalue weighted by Gasteiger charge is 2.07. The van der Waals surface area contributed by atoms with Gasteiger partial charge in [-0.25, -0.2) is 10.5 Å². The highest BCUT2D eigenvalue weighted by atomic mass is 32.1. The molecule has 1 heterocycles. The topological polar surface area (TPSA) is 51.2 Å². The van der Waals surface area contributed by atoms with Gasteiger partial charge in [0, 0.05) is 11.1 Å². The summed E-state index contributed by atoms with van der Waals surface area (Å²) in [5.41, 5.74) is 3.03. The smallest absolute Gasteiger partial charge is 0.277 e. The molecule has 0 atom stereocenters. The highest BCUT2D eigenvalue weighted by molar-refractivity contribution is 7.11. The maximum absolute atomic E-state index is 11.0. The van der Waals surface area contributed by atoms with Crippen molar-refractivity contribution in [3.8, 4) is 0 Å². The molecule has 1 aromatic rings. The van der Waals surface area contributed by atoms with Crippen LogP contribution in [0.25, 0.3) is 0 Å². The van der Waals surface area contributed by atoms with Gasteiger partial charge in [-0.05, 0) is 6.92 Å². The number of carbonyl (C=O) groups is 1. The third-order valence-electron chi connectivity index (χ3n) is 1.01. The second-order valence-corrected chi connectivity index (χ2v) is 2.79. The molecule has 1 aromatic heterocycles. The summed E-state index contributed by atoms with van der Waals surface area (Å²) in [5, 5.41) is 2.23. The van der Waals surface area contributed by atoms with Crippen molar-refractivity contribution in [1.82, 2.24) is 10.5 Å². The average Bonchev–Trinajstić information content (AvgIpc) is 2.36. The van der Waals surface area contributed by atoms with E-state index >= 15 is 0 Å². The minimum absolute atomic E-state index is 0.300. The molecule has 0 saturated carbocycles. The number of aryl methyl sites for hydroxylation is 1. The maximum atomic E-state index is 11.0. The molecule has 0 aliphatic rings. The summed E-state index contributed by atoms with van der Waals surface area (Å²) in [7, 11) is 1.39. The van der Waals surface area contributed by atoms with E-state index in [1.54, 1.807) is 0 Å². The third-order valence-corrected chi connectivity index (χ3v) is 1.97. The second kappa shape index (κ2) is 3.45. The van der Waals surface area contributed by atoms with Crippen LogP contribution in [0.1, 0.15) is 15.5 Å². The molecule has 0 unspecified atom stereocenters. The standard InChI is InChI=1S/C6H8N2O2S/c1-4-3-11-6(7-4)5(9)8-10-2/h3H,1-2H3,(H,8,9). The first-order valence-electron chi connectivity index (χ1n) is 2.99. The Labute approximate surface area is 68.2 Å². The summed E-state index contributed by atoms with van der Waals surface area (Å²) in [6.07, 6.45) is 0. The molecular weight excluding hydrogens is 164 g/mol. The molecule has 0 aliphatic heterocycles. The molecule has 0 fully saturated rings. The van der Waals surface area contributed by atoms with Gasteiger partial charge in [-0.1, -0.05) is 0 Å². The lowest BCUT2D eigenvalue weighted by Gasteiger charge is -1.95. The molecule has 0 spiro atoms. The number of amides is 1. The lowest BCUT2D eigenvalue weighted by Crippen LogP contribution is -2.21. The predicted octanol–water partition coefficient (Wildman–Crippen LogP) is 0.743. The number of hydrogen-bond acceptors (Lipinski definition) is 4. The summed E-state index contributed by atoms with van der Waals surface area (Å²) in [5.74, 6) is -0.300. The van der Waals surface area contributed by atoms with Gasteiger partial charge in [0.2, 0.25) is 0 Å². The Morgan fingerprint density at radius 3 is 3.00 bits per heavy atom. The van der Waals surface area contributed by atoms with Crippen LogP contribution in [0.4, 0.5) is 0 Å². The lowest BCUT2D eigenvalue weighted by molar-refractivity contribution is 0.0537. The van der Waals surface area contributed by atoms with Crippen molar-refractivity contribution >= 4 is 17.2 Å². The van der Waals surface area contributed by atoms with Crippen LogP contribution in [0.3, 0.4) is 0 Å². The summed E-state index contributed by atoms with van der Waals surface area (Å²) < 4.78 is 0. The molecule has 0 aliphatic carbocycles. The summed E-state index contributed by atoms with van der Waals surface area (Å²) in [4.78, 5) is 19.4. The number of nitrogens with one attached hydrogen (secondary N) is 1. The van der Waals surface area contributed by atoms with Crippen LogP contribution >= 0.6 is 11.3 Å². The van der Waals surface area contributed by atoms with E-state index in [0.29, 0.717) is 5.01 Å². The predicted molar refractivity (Wildman–Crippen MR) is 41.3 cm³/mol. The molecule has 1 rings (SSSR count). The molecule has 5 heteroatoms. The third kappa shape index (κ3) is 1.99. The van der Waals surface area contributed by atoms with Crippen LogP contribution < -0.4 is 5.48 Å². The molecule has 60 valence electrons. The van der Waals surface area contributed by atoms with Crippen LogP contribution in [0, 0.1) is 6.92 Å². The van der Waals surface area contributed by atoms with E-state index in [0.717, 1.165) is 5.69 Å². The summed E-state index contributed by atoms with van der Waals surface area (Å²) in [6.45, 7) is 1.83. The zero-order valence-corrected chi connectivity index (χ0v) is 7.07. The number of thiazole rings is 1. The largest absolute Gasteiger partial charge is 0.303 e. The maximum Gasteiger partial charge on any atom is 0.303 e. The zero-order chi connectivity index (χ0) is 8.27. The second-order valence-electron chi connectivity index (χ2n) is 1.93. The van der Waals surface area contributed by atoms with Crippen molar-refractivity contribution in [3.63, 3.8) is 0 Å². The molecular formula is C6H8N2O2S. The Bertz CT molecular complexity index is 259. The van der Waals surface area contributed by atoms with Gasteiger partial charge in [-0.3, -0.25) is 9.63 Å². The van der Waals surface area contributed by atoms with Gasteiger partial charge in [0.05, 0.1) is 7.11 Å². The fourth-order valence-electron chi connectivity index (χ4n) is 0.595. The SMILES string of the molecule is CONC(=O)c1nc(C)cs1. The average molecular weight is 172 g/mol. The van der Waals surface area contributed by atoms with E-state index in [2.05, 4.69) is 15.3 Å². The normalized spacial score (nSPS) is 9.64. The van der Waals surface area contributed by atoms with E-state index in [1.807, 2.05) is 12.3 Å². The molecule has 0 radical (unpaired) electrons. The van der Waals surface area contributed by atoms with Gasteiger partial charge in [-0.2, -0.15) is 0 Å². The van der Waals surface area contributed by atoms with Gasteiger partial charge >= 0.3 is 5.91 Å². The van der Waals surface area contributed by atoms with Crippen molar-refractivity contribution in [1.29, 1.82) is 0 Å². The lowest BCUT2D eigenvalue weighted by atomic mass is 10.6. The van der Waals surface area contributed by atoms with Gasteiger partial charge in [0.15, 0.2) is 5.01 Å². The van der Waals surface area contributed by atoms with Gasteiger partial charge < -0.3 is 0 Å². The Balaban J connectivity index is 2.69. The summed E-state index contributed by atoms with van der Waals surface area (Å²) in [6, 6.07) is 0. The van der Waals surface area contributed by atoms with Gasteiger partial charge in [0.25, 0.3) is 0 Å². The number of hydrogen-bond donors (Lipinski definition) is 1. The molecule has 1 N–H and O–H groups in total. The van der Waals surface area contributed by atoms with Crippen LogP contribution in [0.15, 0.2) is 5.38 Å². The fourth-order valence-corrected chi connectivity index (χ4v) is 1.27. The van der Waals surface area contributed by atoms with Crippen molar-refractivity contribution in [2.45, 2.75) is 6.92 Å². The fraction of sp³-hybridized carbons (Fsp3) is 0.333. The molecule has 4 nitrogen and oxygen atoms in total. The molecule has 0 aromatic carbocycles. The van der Waals surface area contributed by atoms with Crippen LogP contribution in [-0.4, -0.2) is 18.0 Å². The number of hydroxylamine groups is 1. The quantitative estimate of drug-likeness (QED) is 0.669. The van der Waals surface area contributed by atoms with Gasteiger partial charge in [0.1, 0.15) is 0 Å². The Kier molecular flexibility index (Phi) is 2.56. The Morgan fingerprint density at radius 2 is 2.55 bits per heavy atom. The number of rotatable bonds is 2. The first kappa shape index (κ1) is 8.16. The van der Waals surface area contributed by atoms with Crippen LogP contribution in [0.2, 0.25) is 0 Å². The Morgan fingerprint density at radius 1 is 1.82 bits per heavy atom. The molecule has 0 bridgehead atoms. The number of carbonyl (C=O) groups excluding carboxylic acids is 1. The molecule has 11 heavy (non-hydrogen) atoms. The summed E-state index contributed by atoms with van der Waals surface area (Å²) >= 11 is 1.29. The van der Waals surface area contributed by atoms with Crippen molar-refractivity contribution in [3.05, 3.63) is 16.1 Å². The van der Waals surface area contributed by atoms with E-state index in [-0.39, 0.29) is 5.91 Å². The number of nitrogens with zero attached hydrogens (tertiary/aromatic N) is 1. The van der Waals surface area contributed by atoms with E-state index in [9.17, 15) is 4.79 Å². The minimum Gasteiger partial charge on any atom is -0.277 e. The van der Waals surface area contributed by atoms with Crippen molar-refractivity contribution in [2.24, 2.45) is 0 Å². The highest BCUT2D eigenvalue weighted by Crippen LogP contribution is 2.07. The minimum atomic E-state index is -0.300. The van der Waals surface area contributed by atoms with Gasteiger partial charge in [-0.15, -0.1) is 11.3 Å². The van der Waals surface area contributed by atoms with E-state index < -0.39 is 0 Å². The van der Waals surface area contributed by atoms with Crippen LogP contribution in [-0.2, 0) is 4.84 Å². The first-order chi connectivity index (χ1) is 5.24. The van der Waals surface area contributed by atoms with Crippen molar-refractivity contribution in [2.75, 3.05) is 7.11 Å². The number of aromatic nitrogens is 1.